The molecule has 1 saturated heterocycles. The topological polar surface area (TPSA) is 49.4 Å². The summed E-state index contributed by atoms with van der Waals surface area (Å²) in [5, 5.41) is 3.52. The Hall–Kier alpha value is -0.130. The number of sulfonamides is 1. The molecule has 1 N–H and O–H groups in total. The fourth-order valence-corrected chi connectivity index (χ4v) is 4.49. The van der Waals surface area contributed by atoms with E-state index in [1.54, 1.807) is 4.31 Å². The SMILES string of the molecule is CC(C)CS(=O)(=O)N1CCCC(CNC2CC2)C1. The first-order chi connectivity index (χ1) is 8.47. The smallest absolute Gasteiger partial charge is 0.214 e. The molecule has 1 unspecified atom stereocenters. The fourth-order valence-electron chi connectivity index (χ4n) is 2.59. The summed E-state index contributed by atoms with van der Waals surface area (Å²) in [5.74, 6) is 0.997. The highest BCUT2D eigenvalue weighted by Gasteiger charge is 2.30. The summed E-state index contributed by atoms with van der Waals surface area (Å²) in [6.45, 7) is 6.35. The van der Waals surface area contributed by atoms with Crippen LogP contribution in [0, 0.1) is 11.8 Å². The highest BCUT2D eigenvalue weighted by atomic mass is 32.2. The van der Waals surface area contributed by atoms with Crippen molar-refractivity contribution in [2.75, 3.05) is 25.4 Å². The van der Waals surface area contributed by atoms with Crippen LogP contribution >= 0.6 is 0 Å². The van der Waals surface area contributed by atoms with Gasteiger partial charge < -0.3 is 5.32 Å². The quantitative estimate of drug-likeness (QED) is 0.797. The van der Waals surface area contributed by atoms with E-state index in [9.17, 15) is 8.42 Å². The van der Waals surface area contributed by atoms with Gasteiger partial charge in [0.15, 0.2) is 0 Å². The Labute approximate surface area is 111 Å². The Morgan fingerprint density at radius 3 is 2.61 bits per heavy atom. The minimum Gasteiger partial charge on any atom is -0.314 e. The monoisotopic (exact) mass is 274 g/mol. The predicted molar refractivity (Wildman–Crippen MR) is 73.9 cm³/mol. The number of nitrogens with zero attached hydrogens (tertiary/aromatic N) is 1. The van der Waals surface area contributed by atoms with Crippen LogP contribution in [0.5, 0.6) is 0 Å². The van der Waals surface area contributed by atoms with Crippen molar-refractivity contribution >= 4 is 10.0 Å². The maximum Gasteiger partial charge on any atom is 0.214 e. The molecule has 2 rings (SSSR count). The number of nitrogens with one attached hydrogen (secondary N) is 1. The first-order valence-corrected chi connectivity index (χ1v) is 8.79. The van der Waals surface area contributed by atoms with Crippen LogP contribution in [0.2, 0.25) is 0 Å². The highest BCUT2D eigenvalue weighted by Crippen LogP contribution is 2.23. The molecule has 18 heavy (non-hydrogen) atoms. The molecule has 0 amide bonds. The average molecular weight is 274 g/mol. The van der Waals surface area contributed by atoms with E-state index in [-0.39, 0.29) is 11.7 Å². The lowest BCUT2D eigenvalue weighted by molar-refractivity contribution is 0.259. The minimum atomic E-state index is -3.03. The molecule has 2 fully saturated rings. The van der Waals surface area contributed by atoms with Gasteiger partial charge in [-0.2, -0.15) is 0 Å². The molecule has 0 aromatic heterocycles. The average Bonchev–Trinajstić information content (AvgIpc) is 3.09. The summed E-state index contributed by atoms with van der Waals surface area (Å²) in [6, 6.07) is 0.715. The van der Waals surface area contributed by atoms with Gasteiger partial charge in [0, 0.05) is 19.1 Å². The molecule has 2 aliphatic rings. The van der Waals surface area contributed by atoms with E-state index in [0.717, 1.165) is 32.5 Å². The zero-order valence-electron chi connectivity index (χ0n) is 11.6. The van der Waals surface area contributed by atoms with Gasteiger partial charge in [-0.15, -0.1) is 0 Å². The molecule has 0 aromatic carbocycles. The minimum absolute atomic E-state index is 0.208. The summed E-state index contributed by atoms with van der Waals surface area (Å²) in [4.78, 5) is 0. The Morgan fingerprint density at radius 1 is 1.28 bits per heavy atom. The van der Waals surface area contributed by atoms with E-state index in [1.165, 1.54) is 12.8 Å². The van der Waals surface area contributed by atoms with E-state index in [2.05, 4.69) is 5.32 Å². The van der Waals surface area contributed by atoms with E-state index in [0.29, 0.717) is 12.0 Å². The maximum atomic E-state index is 12.2. The lowest BCUT2D eigenvalue weighted by atomic mass is 10.00. The molecule has 0 spiro atoms. The van der Waals surface area contributed by atoms with Crippen molar-refractivity contribution in [3.63, 3.8) is 0 Å². The van der Waals surface area contributed by atoms with Crippen molar-refractivity contribution in [1.29, 1.82) is 0 Å². The van der Waals surface area contributed by atoms with Crippen LogP contribution in [0.1, 0.15) is 39.5 Å². The van der Waals surface area contributed by atoms with Crippen LogP contribution in [0.15, 0.2) is 0 Å². The number of piperidine rings is 1. The zero-order chi connectivity index (χ0) is 13.2. The van der Waals surface area contributed by atoms with Crippen LogP contribution in [0.4, 0.5) is 0 Å². The third kappa shape index (κ3) is 4.21. The van der Waals surface area contributed by atoms with E-state index in [4.69, 9.17) is 0 Å². The molecule has 1 heterocycles. The fraction of sp³-hybridized carbons (Fsp3) is 1.00. The molecule has 1 aliphatic heterocycles. The molecule has 106 valence electrons. The second-order valence-corrected chi connectivity index (χ2v) is 8.23. The zero-order valence-corrected chi connectivity index (χ0v) is 12.4. The highest BCUT2D eigenvalue weighted by molar-refractivity contribution is 7.89. The first kappa shape index (κ1) is 14.3. The summed E-state index contributed by atoms with van der Waals surface area (Å²) >= 11 is 0. The van der Waals surface area contributed by atoms with E-state index < -0.39 is 10.0 Å². The Balaban J connectivity index is 1.84. The van der Waals surface area contributed by atoms with Crippen LogP contribution in [-0.2, 0) is 10.0 Å². The summed E-state index contributed by atoms with van der Waals surface area (Å²) in [6.07, 6.45) is 4.76. The second kappa shape index (κ2) is 5.88. The predicted octanol–water partition coefficient (Wildman–Crippen LogP) is 1.44. The molecule has 5 heteroatoms. The Bertz CT molecular complexity index is 363. The number of hydrogen-bond acceptors (Lipinski definition) is 3. The maximum absolute atomic E-state index is 12.2. The molecular formula is C13H26N2O2S. The van der Waals surface area contributed by atoms with Crippen LogP contribution in [0.3, 0.4) is 0 Å². The summed E-state index contributed by atoms with van der Waals surface area (Å²) in [7, 11) is -3.03. The number of hydrogen-bond donors (Lipinski definition) is 1. The van der Waals surface area contributed by atoms with Gasteiger partial charge in [-0.25, -0.2) is 12.7 Å². The molecule has 1 atom stereocenters. The first-order valence-electron chi connectivity index (χ1n) is 7.18. The van der Waals surface area contributed by atoms with E-state index >= 15 is 0 Å². The van der Waals surface area contributed by atoms with Crippen molar-refractivity contribution in [1.82, 2.24) is 9.62 Å². The summed E-state index contributed by atoms with van der Waals surface area (Å²) in [5.41, 5.74) is 0. The van der Waals surface area contributed by atoms with Crippen molar-refractivity contribution in [3.8, 4) is 0 Å². The van der Waals surface area contributed by atoms with Gasteiger partial charge in [0.25, 0.3) is 0 Å². The normalized spacial score (nSPS) is 26.7. The van der Waals surface area contributed by atoms with Gasteiger partial charge >= 0.3 is 0 Å². The van der Waals surface area contributed by atoms with Gasteiger partial charge in [0.1, 0.15) is 0 Å². The molecular weight excluding hydrogens is 248 g/mol. The van der Waals surface area contributed by atoms with Crippen LogP contribution in [-0.4, -0.2) is 44.2 Å². The summed E-state index contributed by atoms with van der Waals surface area (Å²) < 4.78 is 26.1. The largest absolute Gasteiger partial charge is 0.314 e. The van der Waals surface area contributed by atoms with Gasteiger partial charge in [0.2, 0.25) is 10.0 Å². The van der Waals surface area contributed by atoms with Gasteiger partial charge in [-0.3, -0.25) is 0 Å². The Kier molecular flexibility index (Phi) is 4.67. The molecule has 0 bridgehead atoms. The molecule has 1 saturated carbocycles. The third-order valence-electron chi connectivity index (χ3n) is 3.69. The molecule has 4 nitrogen and oxygen atoms in total. The van der Waals surface area contributed by atoms with Crippen molar-refractivity contribution in [2.45, 2.75) is 45.6 Å². The van der Waals surface area contributed by atoms with Crippen molar-refractivity contribution in [2.24, 2.45) is 11.8 Å². The lowest BCUT2D eigenvalue weighted by Crippen LogP contribution is -2.44. The molecule has 0 aromatic rings. The Morgan fingerprint density at radius 2 is 2.00 bits per heavy atom. The van der Waals surface area contributed by atoms with Crippen LogP contribution < -0.4 is 5.32 Å². The van der Waals surface area contributed by atoms with Crippen molar-refractivity contribution < 1.29 is 8.42 Å². The molecule has 0 radical (unpaired) electrons. The van der Waals surface area contributed by atoms with Gasteiger partial charge in [-0.05, 0) is 44.1 Å². The number of rotatable bonds is 6. The second-order valence-electron chi connectivity index (χ2n) is 6.22. The van der Waals surface area contributed by atoms with Gasteiger partial charge in [-0.1, -0.05) is 13.8 Å². The van der Waals surface area contributed by atoms with E-state index in [1.807, 2.05) is 13.8 Å². The van der Waals surface area contributed by atoms with Crippen LogP contribution in [0.25, 0.3) is 0 Å². The third-order valence-corrected chi connectivity index (χ3v) is 5.90. The van der Waals surface area contributed by atoms with Crippen molar-refractivity contribution in [3.05, 3.63) is 0 Å². The van der Waals surface area contributed by atoms with Gasteiger partial charge in [0.05, 0.1) is 5.75 Å². The standard InChI is InChI=1S/C13H26N2O2S/c1-11(2)10-18(16,17)15-7-3-4-12(9-15)8-14-13-5-6-13/h11-14H,3-10H2,1-2H3. The lowest BCUT2D eigenvalue weighted by Gasteiger charge is -2.32. The molecule has 1 aliphatic carbocycles.